The van der Waals surface area contributed by atoms with Crippen LogP contribution in [0.15, 0.2) is 65.8 Å². The lowest BCUT2D eigenvalue weighted by Gasteiger charge is -2.17. The Morgan fingerprint density at radius 1 is 1.08 bits per heavy atom. The molecule has 0 amide bonds. The van der Waals surface area contributed by atoms with Crippen molar-refractivity contribution >= 4 is 40.0 Å². The number of nitrogens with two attached hydrogens (primary N) is 1. The van der Waals surface area contributed by atoms with Crippen molar-refractivity contribution in [3.05, 3.63) is 72.0 Å². The number of fused-ring (bicyclic) bond motifs is 1. The molecule has 3 aromatic carbocycles. The monoisotopic (exact) mass is 339 g/mol. The van der Waals surface area contributed by atoms with Gasteiger partial charge in [0.2, 0.25) is 0 Å². The number of anilines is 1. The Hall–Kier alpha value is -2.99. The summed E-state index contributed by atoms with van der Waals surface area (Å²) in [6.07, 6.45) is 1.49. The number of rotatable bonds is 3. The molecule has 0 unspecified atom stereocenters. The summed E-state index contributed by atoms with van der Waals surface area (Å²) in [6.45, 7) is 0. The van der Waals surface area contributed by atoms with E-state index >= 15 is 0 Å². The van der Waals surface area contributed by atoms with Gasteiger partial charge < -0.3 is 10.8 Å². The fraction of sp³-hybridized carbons (Fsp3) is 0. The molecule has 0 aliphatic rings. The highest BCUT2D eigenvalue weighted by Crippen LogP contribution is 2.26. The number of phenols is 1. The largest absolute Gasteiger partial charge is 0.507 e. The summed E-state index contributed by atoms with van der Waals surface area (Å²) in [5, 5.41) is 17.5. The standard InChI is InChI=1S/C18H14FN3OS/c19-13-6-8-14(9-7-13)22(18(20)24)21-11-16-15-4-2-1-3-12(15)5-10-17(16)23/h1-11,23H,(H2,20,24). The molecule has 3 rings (SSSR count). The maximum atomic E-state index is 13.1. The molecular weight excluding hydrogens is 325 g/mol. The highest BCUT2D eigenvalue weighted by Gasteiger charge is 2.09. The highest BCUT2D eigenvalue weighted by atomic mass is 32.1. The van der Waals surface area contributed by atoms with E-state index in [2.05, 4.69) is 5.10 Å². The summed E-state index contributed by atoms with van der Waals surface area (Å²) in [6, 6.07) is 16.7. The first-order valence-corrected chi connectivity index (χ1v) is 7.57. The zero-order chi connectivity index (χ0) is 17.1. The van der Waals surface area contributed by atoms with Crippen molar-refractivity contribution in [2.24, 2.45) is 10.8 Å². The average Bonchev–Trinajstić information content (AvgIpc) is 2.58. The van der Waals surface area contributed by atoms with Crippen molar-refractivity contribution in [3.63, 3.8) is 0 Å². The molecule has 0 aliphatic heterocycles. The van der Waals surface area contributed by atoms with Gasteiger partial charge in [0.1, 0.15) is 11.6 Å². The van der Waals surface area contributed by atoms with E-state index in [0.717, 1.165) is 10.8 Å². The molecule has 0 fully saturated rings. The van der Waals surface area contributed by atoms with Gasteiger partial charge in [0.05, 0.1) is 11.9 Å². The Labute approximate surface area is 143 Å². The Bertz CT molecular complexity index is 925. The minimum Gasteiger partial charge on any atom is -0.507 e. The third-order valence-corrected chi connectivity index (χ3v) is 3.70. The van der Waals surface area contributed by atoms with E-state index in [9.17, 15) is 9.50 Å². The molecule has 0 aliphatic carbocycles. The molecule has 0 saturated heterocycles. The SMILES string of the molecule is NC(=S)N(N=Cc1c(O)ccc2ccccc12)c1ccc(F)cc1. The first-order chi connectivity index (χ1) is 11.6. The van der Waals surface area contributed by atoms with Crippen molar-refractivity contribution in [1.82, 2.24) is 0 Å². The lowest BCUT2D eigenvalue weighted by molar-refractivity contribution is 0.475. The van der Waals surface area contributed by atoms with Crippen molar-refractivity contribution in [1.29, 1.82) is 0 Å². The molecule has 0 heterocycles. The third kappa shape index (κ3) is 3.18. The number of hydrogen-bond acceptors (Lipinski definition) is 3. The van der Waals surface area contributed by atoms with Gasteiger partial charge in [-0.2, -0.15) is 5.10 Å². The van der Waals surface area contributed by atoms with E-state index in [1.807, 2.05) is 30.3 Å². The molecule has 120 valence electrons. The second kappa shape index (κ2) is 6.64. The van der Waals surface area contributed by atoms with Crippen molar-refractivity contribution in [3.8, 4) is 5.75 Å². The minimum atomic E-state index is -0.364. The summed E-state index contributed by atoms with van der Waals surface area (Å²) >= 11 is 5.01. The summed E-state index contributed by atoms with van der Waals surface area (Å²) in [5.74, 6) is -0.267. The van der Waals surface area contributed by atoms with E-state index in [1.54, 1.807) is 6.07 Å². The van der Waals surface area contributed by atoms with E-state index in [4.69, 9.17) is 18.0 Å². The number of benzene rings is 3. The van der Waals surface area contributed by atoms with E-state index in [1.165, 1.54) is 35.5 Å². The lowest BCUT2D eigenvalue weighted by Crippen LogP contribution is -2.30. The molecule has 0 atom stereocenters. The Balaban J connectivity index is 2.03. The molecule has 0 aromatic heterocycles. The van der Waals surface area contributed by atoms with E-state index in [-0.39, 0.29) is 16.7 Å². The maximum Gasteiger partial charge on any atom is 0.191 e. The molecule has 3 N–H and O–H groups in total. The van der Waals surface area contributed by atoms with Gasteiger partial charge in [-0.15, -0.1) is 0 Å². The smallest absolute Gasteiger partial charge is 0.191 e. The number of hydrogen-bond donors (Lipinski definition) is 2. The molecule has 3 aromatic rings. The normalized spacial score (nSPS) is 11.0. The third-order valence-electron chi connectivity index (χ3n) is 3.53. The van der Waals surface area contributed by atoms with Crippen LogP contribution in [0.3, 0.4) is 0 Å². The van der Waals surface area contributed by atoms with Crippen LogP contribution >= 0.6 is 12.2 Å². The molecule has 0 saturated carbocycles. The fourth-order valence-corrected chi connectivity index (χ4v) is 2.52. The van der Waals surface area contributed by atoms with Crippen LogP contribution in [0.4, 0.5) is 10.1 Å². The van der Waals surface area contributed by atoms with Crippen molar-refractivity contribution in [2.75, 3.05) is 5.01 Å². The van der Waals surface area contributed by atoms with E-state index < -0.39 is 0 Å². The lowest BCUT2D eigenvalue weighted by atomic mass is 10.0. The maximum absolute atomic E-state index is 13.1. The number of hydrazone groups is 1. The summed E-state index contributed by atoms with van der Waals surface area (Å²) in [5.41, 5.74) is 6.79. The number of phenolic OH excluding ortho intramolecular Hbond substituents is 1. The van der Waals surface area contributed by atoms with Crippen LogP contribution in [0.1, 0.15) is 5.56 Å². The van der Waals surface area contributed by atoms with Gasteiger partial charge in [-0.1, -0.05) is 30.3 Å². The fourth-order valence-electron chi connectivity index (χ4n) is 2.37. The van der Waals surface area contributed by atoms with Crippen LogP contribution in [0, 0.1) is 5.82 Å². The molecule has 6 heteroatoms. The quantitative estimate of drug-likeness (QED) is 0.433. The summed E-state index contributed by atoms with van der Waals surface area (Å²) < 4.78 is 13.1. The Morgan fingerprint density at radius 2 is 1.79 bits per heavy atom. The summed E-state index contributed by atoms with van der Waals surface area (Å²) in [4.78, 5) is 0. The molecule has 0 radical (unpaired) electrons. The van der Waals surface area contributed by atoms with E-state index in [0.29, 0.717) is 11.3 Å². The van der Waals surface area contributed by atoms with Crippen LogP contribution in [-0.4, -0.2) is 16.4 Å². The van der Waals surface area contributed by atoms with Gasteiger partial charge in [-0.05, 0) is 53.3 Å². The number of thiocarbonyl (C=S) groups is 1. The first-order valence-electron chi connectivity index (χ1n) is 7.16. The van der Waals surface area contributed by atoms with Gasteiger partial charge >= 0.3 is 0 Å². The van der Waals surface area contributed by atoms with Gasteiger partial charge in [0.25, 0.3) is 0 Å². The molecule has 0 spiro atoms. The van der Waals surface area contributed by atoms with Crippen molar-refractivity contribution in [2.45, 2.75) is 0 Å². The minimum absolute atomic E-state index is 0.0117. The summed E-state index contributed by atoms with van der Waals surface area (Å²) in [7, 11) is 0. The van der Waals surface area contributed by atoms with Gasteiger partial charge in [0.15, 0.2) is 5.11 Å². The van der Waals surface area contributed by atoms with Crippen LogP contribution in [-0.2, 0) is 0 Å². The van der Waals surface area contributed by atoms with Gasteiger partial charge in [-0.25, -0.2) is 9.40 Å². The number of nitrogens with zero attached hydrogens (tertiary/aromatic N) is 2. The zero-order valence-electron chi connectivity index (χ0n) is 12.6. The van der Waals surface area contributed by atoms with Crippen LogP contribution in [0.25, 0.3) is 10.8 Å². The highest BCUT2D eigenvalue weighted by molar-refractivity contribution is 7.80. The molecular formula is C18H14FN3OS. The average molecular weight is 339 g/mol. The molecule has 24 heavy (non-hydrogen) atoms. The second-order valence-corrected chi connectivity index (χ2v) is 5.51. The van der Waals surface area contributed by atoms with Crippen molar-refractivity contribution < 1.29 is 9.50 Å². The van der Waals surface area contributed by atoms with Crippen LogP contribution in [0.5, 0.6) is 5.75 Å². The Morgan fingerprint density at radius 3 is 2.50 bits per heavy atom. The van der Waals surface area contributed by atoms with Gasteiger partial charge in [-0.3, -0.25) is 0 Å². The molecule has 4 nitrogen and oxygen atoms in total. The predicted octanol–water partition coefficient (Wildman–Crippen LogP) is 3.77. The number of aromatic hydroxyl groups is 1. The van der Waals surface area contributed by atoms with Gasteiger partial charge in [0, 0.05) is 5.56 Å². The predicted molar refractivity (Wildman–Crippen MR) is 98.9 cm³/mol. The first kappa shape index (κ1) is 15.9. The van der Waals surface area contributed by atoms with Crippen LogP contribution < -0.4 is 10.7 Å². The molecule has 0 bridgehead atoms. The zero-order valence-corrected chi connectivity index (χ0v) is 13.4. The van der Waals surface area contributed by atoms with Crippen LogP contribution in [0.2, 0.25) is 0 Å². The Kier molecular flexibility index (Phi) is 4.39. The topological polar surface area (TPSA) is 61.8 Å². The number of halogens is 1. The second-order valence-electron chi connectivity index (χ2n) is 5.09.